The van der Waals surface area contributed by atoms with Gasteiger partial charge < -0.3 is 11.5 Å². The van der Waals surface area contributed by atoms with Gasteiger partial charge >= 0.3 is 0 Å². The van der Waals surface area contributed by atoms with Crippen LogP contribution in [-0.2, 0) is 0 Å². The first kappa shape index (κ1) is 8.96. The summed E-state index contributed by atoms with van der Waals surface area (Å²) >= 11 is 0.999. The van der Waals surface area contributed by atoms with Gasteiger partial charge in [0.15, 0.2) is 5.13 Å². The van der Waals surface area contributed by atoms with E-state index in [0.717, 1.165) is 11.3 Å². The van der Waals surface area contributed by atoms with E-state index < -0.39 is 0 Å². The second kappa shape index (κ2) is 3.26. The number of hydrogen-bond acceptors (Lipinski definition) is 4. The molecule has 0 fully saturated rings. The Balaban J connectivity index is 2.57. The van der Waals surface area contributed by atoms with E-state index in [-0.39, 0.29) is 5.13 Å². The Morgan fingerprint density at radius 2 is 2.00 bits per heavy atom. The zero-order valence-corrected chi connectivity index (χ0v) is 8.01. The van der Waals surface area contributed by atoms with Crippen LogP contribution in [0.2, 0.25) is 0 Å². The molecule has 72 valence electrons. The summed E-state index contributed by atoms with van der Waals surface area (Å²) in [4.78, 5) is 4.75. The molecule has 4 N–H and O–H groups in total. The van der Waals surface area contributed by atoms with E-state index in [1.54, 1.807) is 18.3 Å². The summed E-state index contributed by atoms with van der Waals surface area (Å²) in [5.74, 6) is 0. The number of hydrogen-bond donors (Lipinski definition) is 2. The molecule has 2 heterocycles. The number of rotatable bonds is 1. The van der Waals surface area contributed by atoms with Gasteiger partial charge in [-0.15, -0.1) is 11.3 Å². The van der Waals surface area contributed by atoms with Crippen LogP contribution in [0.5, 0.6) is 0 Å². The molecule has 0 aliphatic carbocycles. The number of halogens is 1. The Bertz CT molecular complexity index is 467. The van der Waals surface area contributed by atoms with Crippen molar-refractivity contribution in [1.29, 1.82) is 0 Å². The molecular weight excluding hydrogens is 201 g/mol. The molecule has 0 radical (unpaired) electrons. The maximum absolute atomic E-state index is 12.8. The highest BCUT2D eigenvalue weighted by molar-refractivity contribution is 7.13. The molecule has 14 heavy (non-hydrogen) atoms. The van der Waals surface area contributed by atoms with Crippen LogP contribution < -0.4 is 11.5 Å². The second-order valence-electron chi connectivity index (χ2n) is 2.77. The Morgan fingerprint density at radius 1 is 1.21 bits per heavy atom. The molecule has 2 aromatic heterocycles. The van der Waals surface area contributed by atoms with E-state index in [2.05, 4.69) is 4.98 Å². The van der Waals surface area contributed by atoms with Gasteiger partial charge in [0, 0.05) is 6.20 Å². The van der Waals surface area contributed by atoms with Gasteiger partial charge in [-0.2, -0.15) is 4.39 Å². The van der Waals surface area contributed by atoms with Gasteiger partial charge in [-0.3, -0.25) is 4.98 Å². The van der Waals surface area contributed by atoms with Crippen molar-refractivity contribution in [2.75, 3.05) is 11.5 Å². The third kappa shape index (κ3) is 1.42. The summed E-state index contributed by atoms with van der Waals surface area (Å²) in [7, 11) is 0. The SMILES string of the molecule is Nc1ccnc(-c2ccc(F)s2)c1N. The Hall–Kier alpha value is -1.62. The predicted molar refractivity (Wildman–Crippen MR) is 56.3 cm³/mol. The first-order valence-electron chi connectivity index (χ1n) is 3.94. The van der Waals surface area contributed by atoms with Crippen LogP contribution in [0.4, 0.5) is 15.8 Å². The molecule has 0 aromatic carbocycles. The number of aromatic nitrogens is 1. The van der Waals surface area contributed by atoms with Crippen LogP contribution in [0.25, 0.3) is 10.6 Å². The van der Waals surface area contributed by atoms with E-state index in [1.807, 2.05) is 0 Å². The Labute approximate surface area is 84.2 Å². The topological polar surface area (TPSA) is 64.9 Å². The molecule has 2 rings (SSSR count). The molecule has 0 saturated heterocycles. The summed E-state index contributed by atoms with van der Waals surface area (Å²) < 4.78 is 12.8. The van der Waals surface area contributed by atoms with Crippen LogP contribution >= 0.6 is 11.3 Å². The van der Waals surface area contributed by atoms with E-state index in [9.17, 15) is 4.39 Å². The Morgan fingerprint density at radius 3 is 2.64 bits per heavy atom. The van der Waals surface area contributed by atoms with E-state index in [0.29, 0.717) is 21.9 Å². The number of anilines is 2. The molecule has 3 nitrogen and oxygen atoms in total. The van der Waals surface area contributed by atoms with Gasteiger partial charge in [-0.05, 0) is 18.2 Å². The molecular formula is C9H8FN3S. The maximum atomic E-state index is 12.8. The zero-order valence-electron chi connectivity index (χ0n) is 7.20. The quantitative estimate of drug-likeness (QED) is 0.756. The number of nitrogens with two attached hydrogens (primary N) is 2. The minimum atomic E-state index is -0.261. The lowest BCUT2D eigenvalue weighted by molar-refractivity contribution is 0.657. The minimum Gasteiger partial charge on any atom is -0.397 e. The number of pyridine rings is 1. The minimum absolute atomic E-state index is 0.261. The maximum Gasteiger partial charge on any atom is 0.177 e. The summed E-state index contributed by atoms with van der Waals surface area (Å²) in [5, 5.41) is -0.261. The van der Waals surface area contributed by atoms with Crippen molar-refractivity contribution in [2.24, 2.45) is 0 Å². The molecule has 0 atom stereocenters. The largest absolute Gasteiger partial charge is 0.397 e. The van der Waals surface area contributed by atoms with Gasteiger partial charge in [0.05, 0.1) is 16.3 Å². The van der Waals surface area contributed by atoms with Crippen molar-refractivity contribution < 1.29 is 4.39 Å². The van der Waals surface area contributed by atoms with Crippen molar-refractivity contribution in [1.82, 2.24) is 4.98 Å². The van der Waals surface area contributed by atoms with Gasteiger partial charge in [0.25, 0.3) is 0 Å². The lowest BCUT2D eigenvalue weighted by atomic mass is 10.2. The molecule has 0 saturated carbocycles. The van der Waals surface area contributed by atoms with Crippen LogP contribution in [0.15, 0.2) is 24.4 Å². The molecule has 0 bridgehead atoms. The third-order valence-electron chi connectivity index (χ3n) is 1.83. The molecule has 0 spiro atoms. The average molecular weight is 209 g/mol. The second-order valence-corrected chi connectivity index (χ2v) is 3.80. The number of nitrogen functional groups attached to an aromatic ring is 2. The fourth-order valence-electron chi connectivity index (χ4n) is 1.13. The Kier molecular flexibility index (Phi) is 2.09. The fourth-order valence-corrected chi connectivity index (χ4v) is 1.87. The van der Waals surface area contributed by atoms with E-state index >= 15 is 0 Å². The predicted octanol–water partition coefficient (Wildman–Crippen LogP) is 2.11. The van der Waals surface area contributed by atoms with E-state index in [4.69, 9.17) is 11.5 Å². The number of nitrogens with zero attached hydrogens (tertiary/aromatic N) is 1. The first-order valence-corrected chi connectivity index (χ1v) is 4.76. The standard InChI is InChI=1S/C9H8FN3S/c10-7-2-1-6(14-7)9-8(12)5(11)3-4-13-9/h1-4H,12H2,(H2,11,13). The van der Waals surface area contributed by atoms with Gasteiger partial charge in [0.1, 0.15) is 5.69 Å². The van der Waals surface area contributed by atoms with Crippen molar-refractivity contribution in [3.8, 4) is 10.6 Å². The highest BCUT2D eigenvalue weighted by atomic mass is 32.1. The van der Waals surface area contributed by atoms with Crippen molar-refractivity contribution >= 4 is 22.7 Å². The fraction of sp³-hybridized carbons (Fsp3) is 0. The summed E-state index contributed by atoms with van der Waals surface area (Å²) in [6, 6.07) is 4.63. The van der Waals surface area contributed by atoms with E-state index in [1.165, 1.54) is 6.07 Å². The lowest BCUT2D eigenvalue weighted by Gasteiger charge is -2.03. The smallest absolute Gasteiger partial charge is 0.177 e. The molecule has 0 unspecified atom stereocenters. The van der Waals surface area contributed by atoms with Crippen molar-refractivity contribution in [3.63, 3.8) is 0 Å². The molecule has 5 heteroatoms. The summed E-state index contributed by atoms with van der Waals surface area (Å²) in [6.07, 6.45) is 1.55. The third-order valence-corrected chi connectivity index (χ3v) is 2.71. The highest BCUT2D eigenvalue weighted by Gasteiger charge is 2.09. The molecule has 0 aliphatic rings. The molecule has 0 aliphatic heterocycles. The first-order chi connectivity index (χ1) is 6.68. The van der Waals surface area contributed by atoms with Crippen LogP contribution in [0.1, 0.15) is 0 Å². The normalized spacial score (nSPS) is 10.4. The molecule has 2 aromatic rings. The van der Waals surface area contributed by atoms with Gasteiger partial charge in [-0.1, -0.05) is 0 Å². The highest BCUT2D eigenvalue weighted by Crippen LogP contribution is 2.32. The van der Waals surface area contributed by atoms with Gasteiger partial charge in [0.2, 0.25) is 0 Å². The van der Waals surface area contributed by atoms with Gasteiger partial charge in [-0.25, -0.2) is 0 Å². The lowest BCUT2D eigenvalue weighted by Crippen LogP contribution is -1.97. The summed E-state index contributed by atoms with van der Waals surface area (Å²) in [6.45, 7) is 0. The van der Waals surface area contributed by atoms with Crippen LogP contribution in [0.3, 0.4) is 0 Å². The zero-order chi connectivity index (χ0) is 10.1. The number of thiophene rings is 1. The van der Waals surface area contributed by atoms with Crippen molar-refractivity contribution in [3.05, 3.63) is 29.5 Å². The van der Waals surface area contributed by atoms with Crippen LogP contribution in [-0.4, -0.2) is 4.98 Å². The monoisotopic (exact) mass is 209 g/mol. The summed E-state index contributed by atoms with van der Waals surface area (Å²) in [5.41, 5.74) is 12.7. The van der Waals surface area contributed by atoms with Crippen LogP contribution in [0, 0.1) is 5.13 Å². The average Bonchev–Trinajstić information content (AvgIpc) is 2.57. The molecule has 0 amide bonds. The van der Waals surface area contributed by atoms with Crippen molar-refractivity contribution in [2.45, 2.75) is 0 Å².